The third kappa shape index (κ3) is 17.2. The minimum absolute atomic E-state index is 0.0508. The van der Waals surface area contributed by atoms with E-state index in [-0.39, 0.29) is 56.3 Å². The van der Waals surface area contributed by atoms with Crippen LogP contribution in [0.25, 0.3) is 0 Å². The zero-order valence-corrected chi connectivity index (χ0v) is 36.5. The van der Waals surface area contributed by atoms with Gasteiger partial charge in [-0.1, -0.05) is 0 Å². The summed E-state index contributed by atoms with van der Waals surface area (Å²) in [7, 11) is -2.95. The number of carbonyl (C=O) groups is 5. The fraction of sp³-hybridized carbons (Fsp3) is 0.0278. The molecule has 5 aromatic carbocycles. The van der Waals surface area contributed by atoms with Gasteiger partial charge in [-0.05, 0) is 101 Å². The fourth-order valence-corrected chi connectivity index (χ4v) is 5.54. The number of phenolic OH excluding ortho intramolecular Hbond substituents is 1. The molecular formula is C36H40IN11O17S. The Labute approximate surface area is 384 Å². The van der Waals surface area contributed by atoms with E-state index in [9.17, 15) is 42.5 Å². The van der Waals surface area contributed by atoms with Crippen molar-refractivity contribution in [3.8, 4) is 11.5 Å². The monoisotopic (exact) mass is 1060 g/mol. The Balaban J connectivity index is 0.000000414. The van der Waals surface area contributed by atoms with E-state index in [0.717, 1.165) is 33.9 Å². The molecule has 0 aromatic heterocycles. The van der Waals surface area contributed by atoms with Crippen LogP contribution in [0.4, 0.5) is 34.1 Å². The van der Waals surface area contributed by atoms with Gasteiger partial charge >= 0.3 is 29.8 Å². The molecule has 0 saturated heterocycles. The number of hydrazine groups is 5. The number of nitrogen functional groups attached to an aromatic ring is 5. The van der Waals surface area contributed by atoms with E-state index in [0.29, 0.717) is 17.1 Å². The number of carboxylic acid groups (broad SMARTS) is 5. The third-order valence-corrected chi connectivity index (χ3v) is 9.16. The number of nitro groups is 1. The third-order valence-electron chi connectivity index (χ3n) is 7.64. The summed E-state index contributed by atoms with van der Waals surface area (Å²) in [5, 5.41) is 62.8. The number of aromatic carboxylic acids is 5. The van der Waals surface area contributed by atoms with Crippen molar-refractivity contribution in [3.05, 3.63) is 132 Å². The Morgan fingerprint density at radius 2 is 0.909 bits per heavy atom. The van der Waals surface area contributed by atoms with E-state index in [2.05, 4.69) is 27.1 Å². The van der Waals surface area contributed by atoms with Crippen molar-refractivity contribution in [2.24, 2.45) is 29.2 Å². The Morgan fingerprint density at radius 1 is 0.561 bits per heavy atom. The van der Waals surface area contributed by atoms with Gasteiger partial charge in [0.2, 0.25) is 0 Å². The molecule has 5 rings (SSSR count). The Hall–Kier alpha value is -8.11. The van der Waals surface area contributed by atoms with Crippen LogP contribution in [0.1, 0.15) is 51.8 Å². The molecule has 0 spiro atoms. The summed E-state index contributed by atoms with van der Waals surface area (Å²) in [4.78, 5) is 62.3. The molecule has 0 amide bonds. The van der Waals surface area contributed by atoms with Crippen molar-refractivity contribution in [2.45, 2.75) is 4.90 Å². The van der Waals surface area contributed by atoms with Crippen molar-refractivity contribution < 1.29 is 77.2 Å². The van der Waals surface area contributed by atoms with Gasteiger partial charge in [-0.2, -0.15) is 8.42 Å². The number of nitrogens with zero attached hydrogens (tertiary/aromatic N) is 1. The highest BCUT2D eigenvalue weighted by Crippen LogP contribution is 2.24. The molecule has 0 atom stereocenters. The van der Waals surface area contributed by atoms with Gasteiger partial charge in [-0.15, -0.1) is 0 Å². The van der Waals surface area contributed by atoms with Gasteiger partial charge in [0.15, 0.2) is 0 Å². The smallest absolute Gasteiger partial charge is 0.338 e. The van der Waals surface area contributed by atoms with Crippen LogP contribution in [0.2, 0.25) is 0 Å². The number of rotatable bonds is 13. The summed E-state index contributed by atoms with van der Waals surface area (Å²) in [5.74, 6) is 19.9. The number of benzene rings is 5. The molecule has 0 saturated carbocycles. The van der Waals surface area contributed by atoms with Gasteiger partial charge in [0, 0.05) is 15.7 Å². The number of nitrogens with two attached hydrogens (primary N) is 5. The summed E-state index contributed by atoms with van der Waals surface area (Å²) in [6.07, 6.45) is 0. The Kier molecular flexibility index (Phi) is 22.4. The number of hydrogen-bond donors (Lipinski definition) is 17. The molecule has 28 nitrogen and oxygen atoms in total. The average Bonchev–Trinajstić information content (AvgIpc) is 3.28. The number of anilines is 5. The van der Waals surface area contributed by atoms with Crippen molar-refractivity contribution in [1.29, 1.82) is 0 Å². The first-order valence-electron chi connectivity index (χ1n) is 17.1. The summed E-state index contributed by atoms with van der Waals surface area (Å²) < 4.78 is 35.9. The number of non-ortho nitro benzene ring substituents is 1. The van der Waals surface area contributed by atoms with Gasteiger partial charge < -0.3 is 62.5 Å². The maximum atomic E-state index is 10.7. The van der Waals surface area contributed by atoms with Crippen LogP contribution in [0.3, 0.4) is 0 Å². The lowest BCUT2D eigenvalue weighted by molar-refractivity contribution is -0.384. The molecule has 22 N–H and O–H groups in total. The maximum absolute atomic E-state index is 10.7. The Morgan fingerprint density at radius 3 is 1.30 bits per heavy atom. The fourth-order valence-electron chi connectivity index (χ4n) is 4.54. The molecule has 30 heteroatoms. The molecule has 5 aromatic rings. The zero-order valence-electron chi connectivity index (χ0n) is 33.5. The number of halogens is 1. The van der Waals surface area contributed by atoms with Crippen LogP contribution in [0, 0.1) is 13.7 Å². The second-order valence-corrected chi connectivity index (χ2v) is 14.4. The number of methoxy groups -OCH3 is 1. The highest BCUT2D eigenvalue weighted by atomic mass is 127. The predicted molar refractivity (Wildman–Crippen MR) is 243 cm³/mol. The standard InChI is InChI=1S/C8H10N2O3.C7H7IN2O2.C7H7N3O4.C7H8N2O5S.C7H8N2O3/c1-13-5-2-3-7(10-9)6(4-5)8(11)12;8-4-1-2-6(10-9)5(3-4)7(11)12;8-9-6-2-1-4(10(13)14)3-5(6)7(11)12;8-9-6-2-1-4(15(12,13)14)3-5(6)7(10)11;8-9-6-2-1-4(10)3-5(6)7(11)12/h2-4,10H,9H2,1H3,(H,11,12);1-3,10H,9H2,(H,11,12);1-3,9H,8H2,(H,11,12);1-3,9H,8H2,(H,10,11)(H,12,13,14);1-3,9-10H,8H2,(H,11,12). The molecule has 0 aliphatic heterocycles. The van der Waals surface area contributed by atoms with Gasteiger partial charge in [0.1, 0.15) is 11.5 Å². The molecule has 0 aliphatic rings. The van der Waals surface area contributed by atoms with Crippen LogP contribution in [-0.4, -0.2) is 85.5 Å². The molecular weight excluding hydrogens is 1020 g/mol. The van der Waals surface area contributed by atoms with Gasteiger partial charge in [-0.3, -0.25) is 43.9 Å². The summed E-state index contributed by atoms with van der Waals surface area (Å²) >= 11 is 2.04. The molecule has 0 radical (unpaired) electrons. The summed E-state index contributed by atoms with van der Waals surface area (Å²) in [6, 6.07) is 19.7. The van der Waals surface area contributed by atoms with Crippen LogP contribution < -0.4 is 61.1 Å². The van der Waals surface area contributed by atoms with Crippen molar-refractivity contribution in [1.82, 2.24) is 0 Å². The number of carboxylic acids is 5. The van der Waals surface area contributed by atoms with Gasteiger partial charge in [0.05, 0.1) is 73.2 Å². The van der Waals surface area contributed by atoms with Crippen LogP contribution >= 0.6 is 22.6 Å². The van der Waals surface area contributed by atoms with Gasteiger partial charge in [-0.25, -0.2) is 24.0 Å². The van der Waals surface area contributed by atoms with E-state index in [1.807, 2.05) is 22.6 Å². The van der Waals surface area contributed by atoms with Crippen molar-refractivity contribution >= 4 is 96.7 Å². The molecule has 0 heterocycles. The lowest BCUT2D eigenvalue weighted by Gasteiger charge is -2.06. The second kappa shape index (κ2) is 26.5. The van der Waals surface area contributed by atoms with E-state index in [1.54, 1.807) is 30.3 Å². The molecule has 0 fully saturated rings. The molecule has 0 aliphatic carbocycles. The summed E-state index contributed by atoms with van der Waals surface area (Å²) in [6.45, 7) is 0. The number of nitrogens with one attached hydrogen (secondary N) is 5. The molecule has 66 heavy (non-hydrogen) atoms. The lowest BCUT2D eigenvalue weighted by atomic mass is 10.1. The zero-order chi connectivity index (χ0) is 50.5. The largest absolute Gasteiger partial charge is 0.508 e. The Bertz CT molecular complexity index is 2610. The van der Waals surface area contributed by atoms with E-state index in [1.165, 1.54) is 37.4 Å². The number of nitro benzene ring substituents is 1. The number of phenols is 1. The van der Waals surface area contributed by atoms with E-state index >= 15 is 0 Å². The topological polar surface area (TPSA) is 504 Å². The average molecular weight is 1060 g/mol. The lowest BCUT2D eigenvalue weighted by Crippen LogP contribution is -2.12. The van der Waals surface area contributed by atoms with Crippen LogP contribution in [-0.2, 0) is 10.1 Å². The van der Waals surface area contributed by atoms with Crippen LogP contribution in [0.15, 0.2) is 95.9 Å². The minimum Gasteiger partial charge on any atom is -0.508 e. The van der Waals surface area contributed by atoms with Crippen molar-refractivity contribution in [2.75, 3.05) is 34.2 Å². The number of hydrogen-bond acceptors (Lipinski definition) is 21. The first-order valence-corrected chi connectivity index (χ1v) is 19.6. The first-order chi connectivity index (χ1) is 30.9. The highest BCUT2D eigenvalue weighted by Gasteiger charge is 2.17. The highest BCUT2D eigenvalue weighted by molar-refractivity contribution is 14.1. The molecule has 354 valence electrons. The van der Waals surface area contributed by atoms with E-state index < -0.39 is 49.8 Å². The van der Waals surface area contributed by atoms with E-state index in [4.69, 9.17) is 69.1 Å². The molecule has 0 bridgehead atoms. The van der Waals surface area contributed by atoms with Crippen molar-refractivity contribution in [3.63, 3.8) is 0 Å². The molecule has 0 unspecified atom stereocenters. The normalized spacial score (nSPS) is 9.82. The number of aromatic hydroxyl groups is 1. The predicted octanol–water partition coefficient (Wildman–Crippen LogP) is 2.83. The first kappa shape index (κ1) is 55.9. The number of ether oxygens (including phenoxy) is 1. The SMILES string of the molecule is COc1ccc(NN)c(C(=O)O)c1.NNc1ccc(I)cc1C(=O)O.NNc1ccc(O)cc1C(=O)O.NNc1ccc(S(=O)(=O)O)cc1C(=O)O.NNc1ccc([N+](=O)[O-])cc1C(=O)O. The van der Waals surface area contributed by atoms with Gasteiger partial charge in [0.25, 0.3) is 15.8 Å². The second-order valence-electron chi connectivity index (χ2n) is 11.7. The van der Waals surface area contributed by atoms with Crippen LogP contribution in [0.5, 0.6) is 11.5 Å². The summed E-state index contributed by atoms with van der Waals surface area (Å²) in [5.41, 5.74) is 11.6. The minimum atomic E-state index is -4.42. The maximum Gasteiger partial charge on any atom is 0.338 e. The quantitative estimate of drug-likeness (QED) is 0.0201.